The van der Waals surface area contributed by atoms with Gasteiger partial charge in [0.15, 0.2) is 0 Å². The molecule has 20 heavy (non-hydrogen) atoms. The minimum atomic E-state index is 0.0527. The summed E-state index contributed by atoms with van der Waals surface area (Å²) in [6.07, 6.45) is 11.5. The van der Waals surface area contributed by atoms with Crippen LogP contribution in [0.15, 0.2) is 23.4 Å². The van der Waals surface area contributed by atoms with Gasteiger partial charge in [0.1, 0.15) is 12.3 Å². The number of nitrogens with zero attached hydrogens (tertiary/aromatic N) is 1. The third kappa shape index (κ3) is 6.69. The summed E-state index contributed by atoms with van der Waals surface area (Å²) in [5.41, 5.74) is 1.82. The number of nitroso groups, excluding NO2 is 1. The second kappa shape index (κ2) is 10.4. The molecular weight excluding hydrogens is 250 g/mol. The summed E-state index contributed by atoms with van der Waals surface area (Å²) in [4.78, 5) is 10.3. The van der Waals surface area contributed by atoms with E-state index in [1.807, 2.05) is 12.1 Å². The number of aryl methyl sites for hydroxylation is 1. The number of hydrogen-bond donors (Lipinski definition) is 1. The first-order valence-electron chi connectivity index (χ1n) is 7.87. The first kappa shape index (κ1) is 16.7. The molecule has 0 unspecified atom stereocenters. The van der Waals surface area contributed by atoms with Gasteiger partial charge >= 0.3 is 0 Å². The molecule has 1 rings (SSSR count). The third-order valence-electron chi connectivity index (χ3n) is 3.70. The van der Waals surface area contributed by atoms with Crippen molar-refractivity contribution >= 4 is 0 Å². The minimum Gasteiger partial charge on any atom is -0.508 e. The van der Waals surface area contributed by atoms with Crippen LogP contribution in [0.25, 0.3) is 0 Å². The number of phenolic OH excluding ortho intramolecular Hbond substituents is 1. The van der Waals surface area contributed by atoms with Gasteiger partial charge in [0.2, 0.25) is 0 Å². The zero-order valence-electron chi connectivity index (χ0n) is 12.6. The fourth-order valence-electron chi connectivity index (χ4n) is 2.45. The molecule has 1 aromatic carbocycles. The first-order valence-corrected chi connectivity index (χ1v) is 7.87. The van der Waals surface area contributed by atoms with E-state index >= 15 is 0 Å². The summed E-state index contributed by atoms with van der Waals surface area (Å²) in [6, 6.07) is 5.50. The molecule has 0 saturated carbocycles. The van der Waals surface area contributed by atoms with Crippen LogP contribution in [0.1, 0.15) is 69.4 Å². The Bertz CT molecular complexity index is 391. The Kier molecular flexibility index (Phi) is 8.68. The quantitative estimate of drug-likeness (QED) is 0.438. The maximum atomic E-state index is 10.3. The number of unbranched alkanes of at least 4 members (excludes halogenated alkanes) is 7. The van der Waals surface area contributed by atoms with E-state index in [9.17, 15) is 10.0 Å². The second-order valence-corrected chi connectivity index (χ2v) is 5.48. The molecular formula is C17H27NO2. The predicted octanol–water partition coefficient (Wildman–Crippen LogP) is 5.34. The topological polar surface area (TPSA) is 49.7 Å². The van der Waals surface area contributed by atoms with Crippen molar-refractivity contribution in [3.05, 3.63) is 34.2 Å². The van der Waals surface area contributed by atoms with Gasteiger partial charge in [0.25, 0.3) is 0 Å². The van der Waals surface area contributed by atoms with Crippen LogP contribution in [0.5, 0.6) is 5.75 Å². The molecule has 0 heterocycles. The van der Waals surface area contributed by atoms with Gasteiger partial charge in [-0.3, -0.25) is 0 Å². The van der Waals surface area contributed by atoms with Gasteiger partial charge in [-0.25, -0.2) is 0 Å². The highest BCUT2D eigenvalue weighted by molar-refractivity contribution is 5.36. The largest absolute Gasteiger partial charge is 0.508 e. The lowest BCUT2D eigenvalue weighted by Crippen LogP contribution is -1.90. The Balaban J connectivity index is 2.18. The van der Waals surface area contributed by atoms with Crippen LogP contribution in [-0.4, -0.2) is 5.11 Å². The van der Waals surface area contributed by atoms with E-state index in [1.54, 1.807) is 6.07 Å². The first-order chi connectivity index (χ1) is 9.77. The van der Waals surface area contributed by atoms with E-state index in [0.29, 0.717) is 5.56 Å². The lowest BCUT2D eigenvalue weighted by molar-refractivity contribution is 0.468. The number of aromatic hydroxyl groups is 1. The van der Waals surface area contributed by atoms with Crippen LogP contribution in [-0.2, 0) is 13.0 Å². The predicted molar refractivity (Wildman–Crippen MR) is 83.9 cm³/mol. The van der Waals surface area contributed by atoms with E-state index in [4.69, 9.17) is 0 Å². The molecule has 0 aromatic heterocycles. The zero-order chi connectivity index (χ0) is 14.6. The summed E-state index contributed by atoms with van der Waals surface area (Å²) >= 11 is 0. The highest BCUT2D eigenvalue weighted by Crippen LogP contribution is 2.21. The van der Waals surface area contributed by atoms with Gasteiger partial charge in [0.05, 0.1) is 0 Å². The second-order valence-electron chi connectivity index (χ2n) is 5.48. The molecule has 1 N–H and O–H groups in total. The standard InChI is InChI=1S/C17H27NO2/c1-2-3-4-5-6-7-8-9-10-15-11-12-17(19)16(13-15)14-18-20/h11-13,19H,2-10,14H2,1H3. The summed E-state index contributed by atoms with van der Waals surface area (Å²) in [5.74, 6) is 0.171. The molecule has 0 saturated heterocycles. The zero-order valence-corrected chi connectivity index (χ0v) is 12.6. The van der Waals surface area contributed by atoms with Crippen molar-refractivity contribution in [2.45, 2.75) is 71.3 Å². The van der Waals surface area contributed by atoms with Gasteiger partial charge < -0.3 is 5.11 Å². The van der Waals surface area contributed by atoms with Crippen molar-refractivity contribution in [1.29, 1.82) is 0 Å². The van der Waals surface area contributed by atoms with Crippen LogP contribution in [0.4, 0.5) is 0 Å². The monoisotopic (exact) mass is 277 g/mol. The van der Waals surface area contributed by atoms with Crippen molar-refractivity contribution in [3.63, 3.8) is 0 Å². The van der Waals surface area contributed by atoms with E-state index in [1.165, 1.54) is 56.9 Å². The maximum absolute atomic E-state index is 10.3. The van der Waals surface area contributed by atoms with E-state index < -0.39 is 0 Å². The summed E-state index contributed by atoms with van der Waals surface area (Å²) in [7, 11) is 0. The summed E-state index contributed by atoms with van der Waals surface area (Å²) < 4.78 is 0. The fourth-order valence-corrected chi connectivity index (χ4v) is 2.45. The number of phenols is 1. The molecule has 0 aliphatic heterocycles. The average Bonchev–Trinajstić information content (AvgIpc) is 2.45. The molecule has 1 aromatic rings. The van der Waals surface area contributed by atoms with Gasteiger partial charge in [-0.15, -0.1) is 0 Å². The van der Waals surface area contributed by atoms with Gasteiger partial charge in [-0.1, -0.05) is 69.2 Å². The van der Waals surface area contributed by atoms with Gasteiger partial charge in [0, 0.05) is 5.56 Å². The van der Waals surface area contributed by atoms with Crippen LogP contribution < -0.4 is 0 Å². The van der Waals surface area contributed by atoms with Gasteiger partial charge in [-0.2, -0.15) is 4.91 Å². The fraction of sp³-hybridized carbons (Fsp3) is 0.647. The average molecular weight is 277 g/mol. The Hall–Kier alpha value is -1.38. The van der Waals surface area contributed by atoms with E-state index in [0.717, 1.165) is 6.42 Å². The van der Waals surface area contributed by atoms with Crippen LogP contribution >= 0.6 is 0 Å². The lowest BCUT2D eigenvalue weighted by atomic mass is 10.0. The SMILES string of the molecule is CCCCCCCCCCc1ccc(O)c(CN=O)c1. The molecule has 0 amide bonds. The highest BCUT2D eigenvalue weighted by atomic mass is 16.3. The van der Waals surface area contributed by atoms with E-state index in [-0.39, 0.29) is 12.3 Å². The Morgan fingerprint density at radius 3 is 2.30 bits per heavy atom. The van der Waals surface area contributed by atoms with Crippen molar-refractivity contribution < 1.29 is 5.11 Å². The molecule has 0 radical (unpaired) electrons. The van der Waals surface area contributed by atoms with Crippen molar-refractivity contribution in [3.8, 4) is 5.75 Å². The number of hydrogen-bond acceptors (Lipinski definition) is 3. The number of benzene rings is 1. The van der Waals surface area contributed by atoms with Crippen molar-refractivity contribution in [2.24, 2.45) is 5.18 Å². The normalized spacial score (nSPS) is 10.7. The molecule has 0 spiro atoms. The molecule has 0 fully saturated rings. The summed E-state index contributed by atoms with van der Waals surface area (Å²) in [6.45, 7) is 2.29. The van der Waals surface area contributed by atoms with Crippen LogP contribution in [0, 0.1) is 4.91 Å². The van der Waals surface area contributed by atoms with Crippen LogP contribution in [0.3, 0.4) is 0 Å². The lowest BCUT2D eigenvalue weighted by Gasteiger charge is -2.05. The smallest absolute Gasteiger partial charge is 0.120 e. The van der Waals surface area contributed by atoms with Crippen molar-refractivity contribution in [2.75, 3.05) is 0 Å². The molecule has 0 aliphatic carbocycles. The Morgan fingerprint density at radius 2 is 1.65 bits per heavy atom. The molecule has 3 nitrogen and oxygen atoms in total. The van der Waals surface area contributed by atoms with E-state index in [2.05, 4.69) is 12.1 Å². The number of rotatable bonds is 11. The molecule has 0 atom stereocenters. The third-order valence-corrected chi connectivity index (χ3v) is 3.70. The maximum Gasteiger partial charge on any atom is 0.120 e. The molecule has 112 valence electrons. The van der Waals surface area contributed by atoms with Crippen LogP contribution in [0.2, 0.25) is 0 Å². The molecule has 0 bridgehead atoms. The Morgan fingerprint density at radius 1 is 1.00 bits per heavy atom. The summed E-state index contributed by atoms with van der Waals surface area (Å²) in [5, 5.41) is 12.4. The minimum absolute atomic E-state index is 0.0527. The molecule has 3 heteroatoms. The van der Waals surface area contributed by atoms with Crippen molar-refractivity contribution in [1.82, 2.24) is 0 Å². The highest BCUT2D eigenvalue weighted by Gasteiger charge is 2.03. The Labute approximate surface area is 122 Å². The molecule has 0 aliphatic rings. The van der Waals surface area contributed by atoms with Gasteiger partial charge in [-0.05, 0) is 24.5 Å².